The molecule has 0 aromatic carbocycles. The van der Waals surface area contributed by atoms with Gasteiger partial charge in [0.1, 0.15) is 11.3 Å². The van der Waals surface area contributed by atoms with Crippen LogP contribution in [0.5, 0.6) is 0 Å². The van der Waals surface area contributed by atoms with Crippen molar-refractivity contribution in [3.63, 3.8) is 0 Å². The molecular weight excluding hydrogens is 391 g/mol. The second-order valence-electron chi connectivity index (χ2n) is 10.2. The zero-order chi connectivity index (χ0) is 22.1. The van der Waals surface area contributed by atoms with E-state index in [0.29, 0.717) is 25.7 Å². The van der Waals surface area contributed by atoms with Crippen molar-refractivity contribution in [2.45, 2.75) is 83.1 Å². The smallest absolute Gasteiger partial charge is 0.303 e. The molecule has 7 heteroatoms. The normalized spacial score (nSPS) is 47.6. The maximum atomic E-state index is 16.9. The number of fused-ring (bicyclic) bond motifs is 5. The summed E-state index contributed by atoms with van der Waals surface area (Å²) in [5, 5.41) is 22.6. The second kappa shape index (κ2) is 6.70. The molecule has 3 saturated carbocycles. The van der Waals surface area contributed by atoms with Gasteiger partial charge in [-0.05, 0) is 50.5 Å². The Labute approximate surface area is 175 Å². The highest BCUT2D eigenvalue weighted by molar-refractivity contribution is 5.92. The Balaban J connectivity index is 1.71. The third kappa shape index (κ3) is 2.57. The van der Waals surface area contributed by atoms with Crippen molar-refractivity contribution in [2.24, 2.45) is 22.7 Å². The van der Waals surface area contributed by atoms with Gasteiger partial charge in [0.25, 0.3) is 0 Å². The van der Waals surface area contributed by atoms with E-state index >= 15 is 4.39 Å². The number of allylic oxidation sites excluding steroid dienone is 1. The highest BCUT2D eigenvalue weighted by Crippen LogP contribution is 2.70. The molecule has 2 N–H and O–H groups in total. The number of hydrogen-bond donors (Lipinski definition) is 2. The number of rotatable bonds is 3. The standard InChI is InChI=1S/C23H31FO6/c1-13(25)30-12-19(28)22(29)9-7-16-17-5-4-14-10-15(26)6-8-20(14,2)23(17,24)18(27)11-21(16,22)3/h10,16-18,27,29H,4-9,11-12H2,1-3H3/t16-,17-,18+,20+,21+,22-,23+/m1/s1. The molecule has 7 atom stereocenters. The Hall–Kier alpha value is -1.60. The van der Waals surface area contributed by atoms with Crippen LogP contribution in [0.4, 0.5) is 4.39 Å². The summed E-state index contributed by atoms with van der Waals surface area (Å²) in [6, 6.07) is 0. The lowest BCUT2D eigenvalue weighted by Crippen LogP contribution is -2.69. The van der Waals surface area contributed by atoms with E-state index in [4.69, 9.17) is 4.74 Å². The SMILES string of the molecule is CC(=O)OCC(=O)[C@]1(O)CC[C@@H]2[C@H]3CCC4=CC(=O)CC[C@]4(C)[C@@]3(F)[C@@H](O)C[C@@]21C. The maximum Gasteiger partial charge on any atom is 0.303 e. The van der Waals surface area contributed by atoms with E-state index in [1.54, 1.807) is 13.0 Å². The summed E-state index contributed by atoms with van der Waals surface area (Å²) in [6.07, 6.45) is 2.45. The highest BCUT2D eigenvalue weighted by atomic mass is 19.1. The van der Waals surface area contributed by atoms with Gasteiger partial charge in [-0.3, -0.25) is 14.4 Å². The summed E-state index contributed by atoms with van der Waals surface area (Å²) >= 11 is 0. The molecule has 0 radical (unpaired) electrons. The first-order valence-electron chi connectivity index (χ1n) is 10.9. The predicted molar refractivity (Wildman–Crippen MR) is 105 cm³/mol. The summed E-state index contributed by atoms with van der Waals surface area (Å²) in [5.41, 5.74) is -4.83. The Bertz CT molecular complexity index is 838. The van der Waals surface area contributed by atoms with Crippen LogP contribution in [-0.2, 0) is 19.1 Å². The number of hydrogen-bond acceptors (Lipinski definition) is 6. The van der Waals surface area contributed by atoms with Crippen LogP contribution in [-0.4, -0.2) is 51.7 Å². The minimum Gasteiger partial charge on any atom is -0.458 e. The highest BCUT2D eigenvalue weighted by Gasteiger charge is 2.74. The zero-order valence-corrected chi connectivity index (χ0v) is 17.9. The molecule has 0 aromatic heterocycles. The van der Waals surface area contributed by atoms with E-state index < -0.39 is 52.5 Å². The largest absolute Gasteiger partial charge is 0.458 e. The fraction of sp³-hybridized carbons (Fsp3) is 0.783. The number of ether oxygens (including phenoxy) is 1. The molecule has 0 aromatic rings. The number of alkyl halides is 1. The third-order valence-corrected chi connectivity index (χ3v) is 9.06. The molecule has 0 saturated heterocycles. The van der Waals surface area contributed by atoms with Crippen molar-refractivity contribution < 1.29 is 33.7 Å². The Morgan fingerprint density at radius 1 is 1.20 bits per heavy atom. The Kier molecular flexibility index (Phi) is 4.83. The molecule has 4 aliphatic rings. The van der Waals surface area contributed by atoms with Crippen LogP contribution in [0, 0.1) is 22.7 Å². The van der Waals surface area contributed by atoms with Gasteiger partial charge in [0, 0.05) is 30.1 Å². The number of Topliss-reactive ketones (excluding diaryl/α,β-unsaturated/α-hetero) is 1. The van der Waals surface area contributed by atoms with Crippen molar-refractivity contribution >= 4 is 17.5 Å². The molecule has 0 amide bonds. The molecular formula is C23H31FO6. The number of halogens is 1. The van der Waals surface area contributed by atoms with Crippen molar-refractivity contribution in [3.8, 4) is 0 Å². The van der Waals surface area contributed by atoms with Gasteiger partial charge in [-0.2, -0.15) is 0 Å². The third-order valence-electron chi connectivity index (χ3n) is 9.06. The first kappa shape index (κ1) is 21.6. The minimum absolute atomic E-state index is 0.00553. The summed E-state index contributed by atoms with van der Waals surface area (Å²) in [7, 11) is 0. The van der Waals surface area contributed by atoms with Crippen LogP contribution in [0.3, 0.4) is 0 Å². The van der Waals surface area contributed by atoms with E-state index in [-0.39, 0.29) is 31.0 Å². The summed E-state index contributed by atoms with van der Waals surface area (Å²) in [6.45, 7) is 4.25. The Morgan fingerprint density at radius 3 is 2.57 bits per heavy atom. The van der Waals surface area contributed by atoms with Gasteiger partial charge in [-0.1, -0.05) is 19.4 Å². The van der Waals surface area contributed by atoms with Crippen molar-refractivity contribution in [1.29, 1.82) is 0 Å². The van der Waals surface area contributed by atoms with Crippen LogP contribution in [0.15, 0.2) is 11.6 Å². The molecule has 4 rings (SSSR count). The second-order valence-corrected chi connectivity index (χ2v) is 10.2. The van der Waals surface area contributed by atoms with Crippen molar-refractivity contribution in [2.75, 3.05) is 6.61 Å². The fourth-order valence-electron chi connectivity index (χ4n) is 7.32. The van der Waals surface area contributed by atoms with Crippen LogP contribution in [0.2, 0.25) is 0 Å². The van der Waals surface area contributed by atoms with Gasteiger partial charge in [0.05, 0.1) is 6.10 Å². The summed E-state index contributed by atoms with van der Waals surface area (Å²) in [5.74, 6) is -1.99. The number of aliphatic hydroxyl groups excluding tert-OH is 1. The predicted octanol–water partition coefficient (Wildman–Crippen LogP) is 2.44. The van der Waals surface area contributed by atoms with Crippen LogP contribution < -0.4 is 0 Å². The van der Waals surface area contributed by atoms with E-state index in [1.165, 1.54) is 6.92 Å². The zero-order valence-electron chi connectivity index (χ0n) is 17.9. The number of aliphatic hydroxyl groups is 2. The van der Waals surface area contributed by atoms with Crippen LogP contribution in [0.25, 0.3) is 0 Å². The fourth-order valence-corrected chi connectivity index (χ4v) is 7.32. The van der Waals surface area contributed by atoms with Gasteiger partial charge < -0.3 is 14.9 Å². The van der Waals surface area contributed by atoms with Gasteiger partial charge in [-0.25, -0.2) is 4.39 Å². The van der Waals surface area contributed by atoms with E-state index in [1.807, 2.05) is 6.92 Å². The number of carbonyl (C=O) groups excluding carboxylic acids is 3. The lowest BCUT2D eigenvalue weighted by molar-refractivity contribution is -0.227. The first-order chi connectivity index (χ1) is 13.9. The van der Waals surface area contributed by atoms with Crippen LogP contribution >= 0.6 is 0 Å². The van der Waals surface area contributed by atoms with Crippen molar-refractivity contribution in [1.82, 2.24) is 0 Å². The first-order valence-corrected chi connectivity index (χ1v) is 10.9. The van der Waals surface area contributed by atoms with Gasteiger partial charge in [-0.15, -0.1) is 0 Å². The topological polar surface area (TPSA) is 101 Å². The molecule has 0 heterocycles. The summed E-state index contributed by atoms with van der Waals surface area (Å²) in [4.78, 5) is 35.9. The van der Waals surface area contributed by atoms with Crippen LogP contribution in [0.1, 0.15) is 65.7 Å². The number of ketones is 2. The molecule has 30 heavy (non-hydrogen) atoms. The van der Waals surface area contributed by atoms with Gasteiger partial charge in [0.15, 0.2) is 12.4 Å². The van der Waals surface area contributed by atoms with Gasteiger partial charge >= 0.3 is 5.97 Å². The van der Waals surface area contributed by atoms with E-state index in [2.05, 4.69) is 0 Å². The lowest BCUT2D eigenvalue weighted by Gasteiger charge is -2.63. The molecule has 3 fully saturated rings. The summed E-state index contributed by atoms with van der Waals surface area (Å²) < 4.78 is 21.8. The monoisotopic (exact) mass is 422 g/mol. The van der Waals surface area contributed by atoms with Gasteiger partial charge in [0.2, 0.25) is 5.78 Å². The molecule has 0 unspecified atom stereocenters. The average molecular weight is 422 g/mol. The maximum absolute atomic E-state index is 16.9. The average Bonchev–Trinajstić information content (AvgIpc) is 2.94. The van der Waals surface area contributed by atoms with E-state index in [0.717, 1.165) is 5.57 Å². The molecule has 0 bridgehead atoms. The molecule has 6 nitrogen and oxygen atoms in total. The molecule has 4 aliphatic carbocycles. The quantitative estimate of drug-likeness (QED) is 0.678. The lowest BCUT2D eigenvalue weighted by atomic mass is 9.44. The van der Waals surface area contributed by atoms with E-state index in [9.17, 15) is 24.6 Å². The minimum atomic E-state index is -1.91. The Morgan fingerprint density at radius 2 is 1.90 bits per heavy atom. The number of carbonyl (C=O) groups is 3. The number of esters is 1. The molecule has 166 valence electrons. The van der Waals surface area contributed by atoms with Crippen molar-refractivity contribution in [3.05, 3.63) is 11.6 Å². The molecule has 0 spiro atoms. The molecule has 0 aliphatic heterocycles.